The van der Waals surface area contributed by atoms with E-state index < -0.39 is 10.0 Å². The second kappa shape index (κ2) is 6.99. The third-order valence-corrected chi connectivity index (χ3v) is 7.66. The molecule has 3 aromatic rings. The lowest BCUT2D eigenvalue weighted by molar-refractivity contribution is 0.414. The minimum atomic E-state index is -0.517. The molecule has 1 N–H and O–H groups in total. The summed E-state index contributed by atoms with van der Waals surface area (Å²) in [7, 11) is 1.14. The van der Waals surface area contributed by atoms with Gasteiger partial charge in [-0.2, -0.15) is 9.67 Å². The molecule has 0 saturated heterocycles. The lowest BCUT2D eigenvalue weighted by atomic mass is 10.2. The summed E-state index contributed by atoms with van der Waals surface area (Å²) in [5.41, 5.74) is 2.27. The van der Waals surface area contributed by atoms with E-state index in [1.165, 1.54) is 19.3 Å². The van der Waals surface area contributed by atoms with Crippen LogP contribution in [0, 0.1) is 0 Å². The maximum Gasteiger partial charge on any atom is 0.225 e. The Balaban J connectivity index is 1.57. The summed E-state index contributed by atoms with van der Waals surface area (Å²) < 4.78 is 6.96. The van der Waals surface area contributed by atoms with E-state index in [0.717, 1.165) is 16.7 Å². The molecule has 0 unspecified atom stereocenters. The maximum atomic E-state index is 5.22. The molecule has 2 aromatic heterocycles. The number of fused-ring (bicyclic) bond motifs is 1. The highest BCUT2D eigenvalue weighted by Gasteiger charge is 2.30. The van der Waals surface area contributed by atoms with Gasteiger partial charge in [0.15, 0.2) is 11.2 Å². The Kier molecular flexibility index (Phi) is 4.67. The second-order valence-corrected chi connectivity index (χ2v) is 12.3. The Bertz CT molecular complexity index is 934. The summed E-state index contributed by atoms with van der Waals surface area (Å²) in [6.07, 6.45) is 12.6. The number of hydrogen-bond donors (Lipinski definition) is 1. The van der Waals surface area contributed by atoms with Crippen molar-refractivity contribution in [2.24, 2.45) is 0 Å². The first-order valence-electron chi connectivity index (χ1n) is 9.10. The van der Waals surface area contributed by atoms with Gasteiger partial charge in [0, 0.05) is 6.04 Å². The Morgan fingerprint density at radius 1 is 1.15 bits per heavy atom. The van der Waals surface area contributed by atoms with Crippen molar-refractivity contribution in [2.45, 2.75) is 30.6 Å². The van der Waals surface area contributed by atoms with E-state index in [2.05, 4.69) is 39.4 Å². The van der Waals surface area contributed by atoms with Gasteiger partial charge in [-0.1, -0.05) is 5.21 Å². The van der Waals surface area contributed by atoms with Crippen molar-refractivity contribution < 1.29 is 4.74 Å². The third-order valence-electron chi connectivity index (χ3n) is 5.23. The van der Waals surface area contributed by atoms with Crippen LogP contribution in [0.3, 0.4) is 0 Å². The zero-order chi connectivity index (χ0) is 19.0. The number of nitrogens with zero attached hydrogens (tertiary/aromatic N) is 5. The van der Waals surface area contributed by atoms with E-state index in [9.17, 15) is 0 Å². The zero-order valence-corrected chi connectivity index (χ0v) is 17.0. The molecule has 144 valence electrons. The number of nitrogens with one attached hydrogen (secondary N) is 1. The van der Waals surface area contributed by atoms with Crippen LogP contribution < -0.4 is 10.1 Å². The van der Waals surface area contributed by atoms with Crippen molar-refractivity contribution in [2.75, 3.05) is 31.2 Å². The quantitative estimate of drug-likeness (QED) is 0.725. The molecule has 0 radical (unpaired) electrons. The predicted molar refractivity (Wildman–Crippen MR) is 111 cm³/mol. The SMILES string of the molecule is COc1ccc(-n2nnc3cnc(N[C@@H]4CC[C@H](S(C)(C)C)C4)nc32)cc1. The first kappa shape index (κ1) is 18.0. The summed E-state index contributed by atoms with van der Waals surface area (Å²) in [5, 5.41) is 12.8. The maximum absolute atomic E-state index is 5.22. The summed E-state index contributed by atoms with van der Waals surface area (Å²) in [6, 6.07) is 8.11. The predicted octanol–water partition coefficient (Wildman–Crippen LogP) is 3.25. The van der Waals surface area contributed by atoms with Crippen LogP contribution in [0.2, 0.25) is 0 Å². The van der Waals surface area contributed by atoms with Crippen LogP contribution in [-0.2, 0) is 0 Å². The highest BCUT2D eigenvalue weighted by Crippen LogP contribution is 2.49. The molecule has 0 spiro atoms. The van der Waals surface area contributed by atoms with Crippen LogP contribution in [-0.4, -0.2) is 62.1 Å². The van der Waals surface area contributed by atoms with E-state index in [0.29, 0.717) is 23.2 Å². The molecular weight excluding hydrogens is 360 g/mol. The molecule has 1 saturated carbocycles. The van der Waals surface area contributed by atoms with Crippen molar-refractivity contribution in [3.8, 4) is 11.4 Å². The van der Waals surface area contributed by atoms with Gasteiger partial charge in [0.05, 0.1) is 19.0 Å². The van der Waals surface area contributed by atoms with Gasteiger partial charge in [-0.15, -0.1) is 5.10 Å². The monoisotopic (exact) mass is 386 g/mol. The molecule has 27 heavy (non-hydrogen) atoms. The van der Waals surface area contributed by atoms with Crippen LogP contribution in [0.15, 0.2) is 30.5 Å². The summed E-state index contributed by atoms with van der Waals surface area (Å²) in [6.45, 7) is 0. The Hall–Kier alpha value is -2.35. The molecular formula is C19H26N6OS. The molecule has 1 aliphatic rings. The summed E-state index contributed by atoms with van der Waals surface area (Å²) >= 11 is 0. The van der Waals surface area contributed by atoms with Gasteiger partial charge in [0.1, 0.15) is 5.75 Å². The van der Waals surface area contributed by atoms with E-state index >= 15 is 0 Å². The van der Waals surface area contributed by atoms with Gasteiger partial charge < -0.3 is 10.1 Å². The van der Waals surface area contributed by atoms with E-state index in [-0.39, 0.29) is 0 Å². The number of rotatable bonds is 5. The molecule has 7 nitrogen and oxygen atoms in total. The smallest absolute Gasteiger partial charge is 0.225 e. The average Bonchev–Trinajstić information content (AvgIpc) is 3.28. The number of aromatic nitrogens is 5. The van der Waals surface area contributed by atoms with Crippen LogP contribution in [0.25, 0.3) is 16.9 Å². The topological polar surface area (TPSA) is 77.8 Å². The minimum Gasteiger partial charge on any atom is -0.497 e. The highest BCUT2D eigenvalue weighted by atomic mass is 32.3. The first-order chi connectivity index (χ1) is 12.9. The van der Waals surface area contributed by atoms with Crippen molar-refractivity contribution in [3.63, 3.8) is 0 Å². The van der Waals surface area contributed by atoms with Gasteiger partial charge in [0.25, 0.3) is 0 Å². The molecule has 1 aromatic carbocycles. The molecule has 2 atom stereocenters. The van der Waals surface area contributed by atoms with Gasteiger partial charge in [-0.05, 0) is 67.5 Å². The lowest BCUT2D eigenvalue weighted by Crippen LogP contribution is -2.20. The number of benzene rings is 1. The number of methoxy groups -OCH3 is 1. The molecule has 1 aliphatic carbocycles. The van der Waals surface area contributed by atoms with Gasteiger partial charge in [0.2, 0.25) is 5.95 Å². The van der Waals surface area contributed by atoms with Gasteiger partial charge in [-0.3, -0.25) is 0 Å². The van der Waals surface area contributed by atoms with Crippen molar-refractivity contribution >= 4 is 27.1 Å². The summed E-state index contributed by atoms with van der Waals surface area (Å²) in [4.78, 5) is 9.14. The largest absolute Gasteiger partial charge is 0.497 e. The standard InChI is InChI=1S/C19H26N6OS/c1-26-15-8-6-14(7-9-15)25-18-17(23-24-25)12-20-19(22-18)21-13-5-10-16(11-13)27(2,3)4/h6-9,12-13,16H,5,10-11H2,1-4H3,(H,20,21,22)/t13-,16+/m1/s1. The van der Waals surface area contributed by atoms with Crippen molar-refractivity contribution in [1.82, 2.24) is 25.0 Å². The Morgan fingerprint density at radius 2 is 1.93 bits per heavy atom. The fraction of sp³-hybridized carbons (Fsp3) is 0.474. The minimum absolute atomic E-state index is 0.435. The number of hydrogen-bond acceptors (Lipinski definition) is 6. The van der Waals surface area contributed by atoms with Crippen molar-refractivity contribution in [3.05, 3.63) is 30.5 Å². The normalized spacial score (nSPS) is 20.7. The highest BCUT2D eigenvalue weighted by molar-refractivity contribution is 8.32. The molecule has 8 heteroatoms. The third kappa shape index (κ3) is 3.71. The van der Waals surface area contributed by atoms with E-state index in [1.54, 1.807) is 18.0 Å². The van der Waals surface area contributed by atoms with Crippen LogP contribution in [0.1, 0.15) is 19.3 Å². The van der Waals surface area contributed by atoms with Crippen LogP contribution in [0.4, 0.5) is 5.95 Å². The fourth-order valence-corrected chi connectivity index (χ4v) is 5.24. The van der Waals surface area contributed by atoms with Gasteiger partial charge >= 0.3 is 0 Å². The van der Waals surface area contributed by atoms with Crippen molar-refractivity contribution in [1.29, 1.82) is 0 Å². The second-order valence-electron chi connectivity index (χ2n) is 7.81. The first-order valence-corrected chi connectivity index (χ1v) is 12.0. The molecule has 0 aliphatic heterocycles. The van der Waals surface area contributed by atoms with Gasteiger partial charge in [-0.25, -0.2) is 15.0 Å². The number of ether oxygens (including phenoxy) is 1. The fourth-order valence-electron chi connectivity index (χ4n) is 3.59. The van der Waals surface area contributed by atoms with Crippen LogP contribution >= 0.6 is 10.0 Å². The zero-order valence-electron chi connectivity index (χ0n) is 16.2. The number of anilines is 1. The molecule has 1 fully saturated rings. The van der Waals surface area contributed by atoms with Crippen LogP contribution in [0.5, 0.6) is 5.75 Å². The van der Waals surface area contributed by atoms with E-state index in [1.807, 2.05) is 24.3 Å². The Morgan fingerprint density at radius 3 is 2.59 bits per heavy atom. The molecule has 0 bridgehead atoms. The molecule has 0 amide bonds. The Labute approximate surface area is 160 Å². The molecule has 4 rings (SSSR count). The lowest BCUT2D eigenvalue weighted by Gasteiger charge is -2.33. The summed E-state index contributed by atoms with van der Waals surface area (Å²) in [5.74, 6) is 1.45. The average molecular weight is 387 g/mol. The molecule has 2 heterocycles. The van der Waals surface area contributed by atoms with E-state index in [4.69, 9.17) is 9.72 Å².